The molecule has 3 aliphatic rings. The smallest absolute Gasteiger partial charge is 0.319 e. The third kappa shape index (κ3) is 2.04. The number of benzene rings is 1. The zero-order chi connectivity index (χ0) is 16.0. The Labute approximate surface area is 134 Å². The lowest BCUT2D eigenvalue weighted by atomic mass is 9.81. The molecule has 6 heteroatoms. The van der Waals surface area contributed by atoms with Gasteiger partial charge in [0, 0.05) is 30.1 Å². The van der Waals surface area contributed by atoms with E-state index in [1.165, 1.54) is 0 Å². The number of imide groups is 1. The maximum absolute atomic E-state index is 12.9. The van der Waals surface area contributed by atoms with Crippen molar-refractivity contribution >= 4 is 23.5 Å². The van der Waals surface area contributed by atoms with Gasteiger partial charge in [0.1, 0.15) is 5.54 Å². The van der Waals surface area contributed by atoms with Gasteiger partial charge in [-0.1, -0.05) is 31.0 Å². The van der Waals surface area contributed by atoms with Gasteiger partial charge in [0.15, 0.2) is 0 Å². The molecule has 4 amide bonds. The van der Waals surface area contributed by atoms with Crippen LogP contribution in [0.4, 0.5) is 10.5 Å². The van der Waals surface area contributed by atoms with Crippen molar-refractivity contribution in [3.8, 4) is 0 Å². The largest absolute Gasteiger partial charge is 0.322 e. The molecular formula is C17H19N3O3. The lowest BCUT2D eigenvalue weighted by molar-refractivity contribution is -0.126. The summed E-state index contributed by atoms with van der Waals surface area (Å²) in [5.74, 6) is -0.0958. The number of hydrogen-bond acceptors (Lipinski definition) is 3. The molecule has 2 heterocycles. The number of fused-ring (bicyclic) bond motifs is 2. The van der Waals surface area contributed by atoms with Crippen LogP contribution in [-0.2, 0) is 15.1 Å². The Hall–Kier alpha value is -2.37. The number of nitrogens with zero attached hydrogens (tertiary/aromatic N) is 1. The Morgan fingerprint density at radius 3 is 2.61 bits per heavy atom. The van der Waals surface area contributed by atoms with Crippen molar-refractivity contribution in [1.29, 1.82) is 0 Å². The minimum Gasteiger partial charge on any atom is -0.319 e. The van der Waals surface area contributed by atoms with Crippen LogP contribution in [0.25, 0.3) is 0 Å². The summed E-state index contributed by atoms with van der Waals surface area (Å²) >= 11 is 0. The highest BCUT2D eigenvalue weighted by Crippen LogP contribution is 2.41. The normalized spacial score (nSPS) is 27.0. The van der Waals surface area contributed by atoms with E-state index in [1.807, 2.05) is 24.3 Å². The molecule has 120 valence electrons. The fraction of sp³-hybridized carbons (Fsp3) is 0.471. The second kappa shape index (κ2) is 5.08. The average molecular weight is 313 g/mol. The summed E-state index contributed by atoms with van der Waals surface area (Å²) in [5.41, 5.74) is 0.411. The van der Waals surface area contributed by atoms with E-state index in [4.69, 9.17) is 0 Å². The molecule has 0 bridgehead atoms. The van der Waals surface area contributed by atoms with E-state index in [0.29, 0.717) is 18.5 Å². The number of carbonyl (C=O) groups excluding carboxylic acids is 3. The Balaban J connectivity index is 1.74. The molecule has 23 heavy (non-hydrogen) atoms. The average Bonchev–Trinajstić information content (AvgIpc) is 3.17. The van der Waals surface area contributed by atoms with E-state index >= 15 is 0 Å². The van der Waals surface area contributed by atoms with Crippen LogP contribution in [0.5, 0.6) is 0 Å². The van der Waals surface area contributed by atoms with Gasteiger partial charge in [0.05, 0.1) is 0 Å². The van der Waals surface area contributed by atoms with E-state index in [-0.39, 0.29) is 17.7 Å². The molecule has 0 radical (unpaired) electrons. The molecule has 2 aliphatic heterocycles. The predicted molar refractivity (Wildman–Crippen MR) is 83.7 cm³/mol. The summed E-state index contributed by atoms with van der Waals surface area (Å²) < 4.78 is 0. The van der Waals surface area contributed by atoms with Crippen LogP contribution in [0.3, 0.4) is 0 Å². The quantitative estimate of drug-likeness (QED) is 0.774. The number of carbonyl (C=O) groups is 3. The summed E-state index contributed by atoms with van der Waals surface area (Å²) in [5, 5.41) is 5.09. The second-order valence-corrected chi connectivity index (χ2v) is 6.55. The Kier molecular flexibility index (Phi) is 3.14. The van der Waals surface area contributed by atoms with Crippen LogP contribution in [0, 0.1) is 5.92 Å². The standard InChI is InChI=1S/C17H19N3O3/c21-14(11-5-1-2-6-11)20-10-9-17(15(22)18-16(23)19-17)12-7-3-4-8-13(12)20/h3-4,7-8,11H,1-2,5-6,9-10H2,(H2,18,19,22,23). The minimum atomic E-state index is -1.04. The maximum atomic E-state index is 12.9. The second-order valence-electron chi connectivity index (χ2n) is 6.55. The van der Waals surface area contributed by atoms with Gasteiger partial charge in [-0.25, -0.2) is 4.79 Å². The highest BCUT2D eigenvalue weighted by Gasteiger charge is 2.52. The van der Waals surface area contributed by atoms with Crippen LogP contribution < -0.4 is 15.5 Å². The summed E-state index contributed by atoms with van der Waals surface area (Å²) in [7, 11) is 0. The summed E-state index contributed by atoms with van der Waals surface area (Å²) in [4.78, 5) is 38.6. The number of nitrogens with one attached hydrogen (secondary N) is 2. The van der Waals surface area contributed by atoms with Crippen LogP contribution in [-0.4, -0.2) is 24.4 Å². The van der Waals surface area contributed by atoms with Gasteiger partial charge in [-0.3, -0.25) is 14.9 Å². The SMILES string of the molecule is O=C1NC(=O)C2(CCN(C(=O)C3CCCC3)c3ccccc32)N1. The number of anilines is 1. The van der Waals surface area contributed by atoms with Crippen molar-refractivity contribution in [3.05, 3.63) is 29.8 Å². The number of amides is 4. The summed E-state index contributed by atoms with van der Waals surface area (Å²) in [6.07, 6.45) is 4.50. The molecule has 4 rings (SSSR count). The van der Waals surface area contributed by atoms with E-state index in [1.54, 1.807) is 4.90 Å². The van der Waals surface area contributed by atoms with E-state index in [0.717, 1.165) is 31.4 Å². The lowest BCUT2D eigenvalue weighted by Gasteiger charge is -2.39. The summed E-state index contributed by atoms with van der Waals surface area (Å²) in [6.45, 7) is 0.444. The lowest BCUT2D eigenvalue weighted by Crippen LogP contribution is -2.52. The van der Waals surface area contributed by atoms with Crippen LogP contribution in [0.1, 0.15) is 37.7 Å². The van der Waals surface area contributed by atoms with Crippen molar-refractivity contribution in [2.75, 3.05) is 11.4 Å². The molecule has 6 nitrogen and oxygen atoms in total. The van der Waals surface area contributed by atoms with Gasteiger partial charge in [-0.2, -0.15) is 0 Å². The van der Waals surface area contributed by atoms with Crippen molar-refractivity contribution in [2.24, 2.45) is 5.92 Å². The van der Waals surface area contributed by atoms with Crippen LogP contribution in [0.15, 0.2) is 24.3 Å². The molecule has 1 aromatic carbocycles. The fourth-order valence-corrected chi connectivity index (χ4v) is 4.08. The molecule has 1 aliphatic carbocycles. The Bertz CT molecular complexity index is 696. The number of para-hydroxylation sites is 1. The van der Waals surface area contributed by atoms with Gasteiger partial charge >= 0.3 is 6.03 Å². The maximum Gasteiger partial charge on any atom is 0.322 e. The van der Waals surface area contributed by atoms with Crippen molar-refractivity contribution < 1.29 is 14.4 Å². The number of rotatable bonds is 1. The van der Waals surface area contributed by atoms with Gasteiger partial charge in [0.2, 0.25) is 5.91 Å². The van der Waals surface area contributed by atoms with E-state index < -0.39 is 11.6 Å². The summed E-state index contributed by atoms with van der Waals surface area (Å²) in [6, 6.07) is 6.92. The molecular weight excluding hydrogens is 294 g/mol. The van der Waals surface area contributed by atoms with Crippen molar-refractivity contribution in [3.63, 3.8) is 0 Å². The molecule has 2 fully saturated rings. The van der Waals surface area contributed by atoms with Gasteiger partial charge in [-0.05, 0) is 18.9 Å². The monoisotopic (exact) mass is 313 g/mol. The first-order valence-electron chi connectivity index (χ1n) is 8.16. The van der Waals surface area contributed by atoms with Gasteiger partial charge < -0.3 is 10.2 Å². The zero-order valence-electron chi connectivity index (χ0n) is 12.8. The molecule has 1 atom stereocenters. The van der Waals surface area contributed by atoms with Crippen molar-refractivity contribution in [1.82, 2.24) is 10.6 Å². The van der Waals surface area contributed by atoms with Crippen LogP contribution in [0.2, 0.25) is 0 Å². The van der Waals surface area contributed by atoms with E-state index in [2.05, 4.69) is 10.6 Å². The highest BCUT2D eigenvalue weighted by molar-refractivity contribution is 6.09. The minimum absolute atomic E-state index is 0.0871. The van der Waals surface area contributed by atoms with Crippen molar-refractivity contribution in [2.45, 2.75) is 37.6 Å². The predicted octanol–water partition coefficient (Wildman–Crippen LogP) is 1.65. The van der Waals surface area contributed by atoms with Gasteiger partial charge in [-0.15, -0.1) is 0 Å². The van der Waals surface area contributed by atoms with Gasteiger partial charge in [0.25, 0.3) is 5.91 Å². The third-order valence-electron chi connectivity index (χ3n) is 5.28. The molecule has 1 aromatic rings. The van der Waals surface area contributed by atoms with Crippen LogP contribution >= 0.6 is 0 Å². The molecule has 2 N–H and O–H groups in total. The molecule has 1 spiro atoms. The number of hydrogen-bond donors (Lipinski definition) is 2. The Morgan fingerprint density at radius 2 is 1.91 bits per heavy atom. The van der Waals surface area contributed by atoms with E-state index in [9.17, 15) is 14.4 Å². The highest BCUT2D eigenvalue weighted by atomic mass is 16.2. The first-order valence-corrected chi connectivity index (χ1v) is 8.16. The molecule has 0 aromatic heterocycles. The number of urea groups is 1. The Morgan fingerprint density at radius 1 is 1.17 bits per heavy atom. The fourth-order valence-electron chi connectivity index (χ4n) is 4.08. The third-order valence-corrected chi connectivity index (χ3v) is 5.28. The molecule has 1 saturated carbocycles. The zero-order valence-corrected chi connectivity index (χ0v) is 12.8. The first-order chi connectivity index (χ1) is 11.1. The molecule has 1 saturated heterocycles. The first kappa shape index (κ1) is 14.2. The molecule has 1 unspecified atom stereocenters. The topological polar surface area (TPSA) is 78.5 Å².